The first kappa shape index (κ1) is 14.6. The van der Waals surface area contributed by atoms with Crippen molar-refractivity contribution in [2.24, 2.45) is 0 Å². The molecule has 3 aromatic rings. The first-order valence-electron chi connectivity index (χ1n) is 6.58. The summed E-state index contributed by atoms with van der Waals surface area (Å²) in [4.78, 5) is 14.2. The van der Waals surface area contributed by atoms with Gasteiger partial charge in [-0.05, 0) is 37.1 Å². The summed E-state index contributed by atoms with van der Waals surface area (Å²) in [6.45, 7) is 4.18. The van der Waals surface area contributed by atoms with Gasteiger partial charge in [0, 0.05) is 4.90 Å². The first-order valence-corrected chi connectivity index (χ1v) is 9.03. The molecule has 0 unspecified atom stereocenters. The highest BCUT2D eigenvalue weighted by Gasteiger charge is 2.14. The third kappa shape index (κ3) is 3.28. The Balaban J connectivity index is 2.08. The van der Waals surface area contributed by atoms with Gasteiger partial charge < -0.3 is 0 Å². The zero-order valence-electron chi connectivity index (χ0n) is 11.8. The Morgan fingerprint density at radius 1 is 0.952 bits per heavy atom. The first-order chi connectivity index (χ1) is 10.1. The lowest BCUT2D eigenvalue weighted by Crippen LogP contribution is -1.83. The van der Waals surface area contributed by atoms with Crippen LogP contribution in [0.15, 0.2) is 62.4 Å². The van der Waals surface area contributed by atoms with Crippen molar-refractivity contribution in [2.45, 2.75) is 23.0 Å². The molecule has 0 saturated carbocycles. The van der Waals surface area contributed by atoms with Crippen LogP contribution < -0.4 is 4.06 Å². The van der Waals surface area contributed by atoms with Crippen LogP contribution in [0, 0.1) is 13.8 Å². The fourth-order valence-electron chi connectivity index (χ4n) is 2.08. The Morgan fingerprint density at radius 2 is 1.71 bits per heavy atom. The Hall–Kier alpha value is -1.36. The Bertz CT molecular complexity index is 816. The molecule has 0 saturated heterocycles. The lowest BCUT2D eigenvalue weighted by Gasteiger charge is -2.07. The van der Waals surface area contributed by atoms with E-state index in [1.54, 1.807) is 11.8 Å². The predicted octanol–water partition coefficient (Wildman–Crippen LogP) is 5.60. The lowest BCUT2D eigenvalue weighted by atomic mass is 10.1. The maximum Gasteiger partial charge on any atom is 0.289 e. The van der Waals surface area contributed by atoms with Crippen LogP contribution in [-0.4, -0.2) is 0 Å². The summed E-state index contributed by atoms with van der Waals surface area (Å²) in [5.41, 5.74) is 3.61. The van der Waals surface area contributed by atoms with E-state index in [9.17, 15) is 4.79 Å². The maximum atomic E-state index is 11.9. The predicted molar refractivity (Wildman–Crippen MR) is 93.9 cm³/mol. The van der Waals surface area contributed by atoms with E-state index in [0.29, 0.717) is 0 Å². The smallest absolute Gasteiger partial charge is 0.265 e. The second kappa shape index (κ2) is 6.18. The molecule has 106 valence electrons. The van der Waals surface area contributed by atoms with Crippen LogP contribution in [0.1, 0.15) is 11.1 Å². The zero-order valence-corrected chi connectivity index (χ0v) is 14.2. The summed E-state index contributed by atoms with van der Waals surface area (Å²) in [6.07, 6.45) is 0. The lowest BCUT2D eigenvalue weighted by molar-refractivity contribution is 1.39. The minimum Gasteiger partial charge on any atom is -0.265 e. The molecule has 0 fully saturated rings. The molecule has 4 heteroatoms. The van der Waals surface area contributed by atoms with Crippen LogP contribution in [0.3, 0.4) is 0 Å². The average Bonchev–Trinajstić information content (AvgIpc) is 2.83. The second-order valence-electron chi connectivity index (χ2n) is 4.80. The molecular formula is C17H14OS3. The zero-order chi connectivity index (χ0) is 14.8. The Morgan fingerprint density at radius 3 is 2.48 bits per heavy atom. The molecule has 1 aromatic heterocycles. The highest BCUT2D eigenvalue weighted by molar-refractivity contribution is 8.01. The topological polar surface area (TPSA) is 17.1 Å². The van der Waals surface area contributed by atoms with Crippen LogP contribution in [0.2, 0.25) is 0 Å². The molecular weight excluding hydrogens is 316 g/mol. The van der Waals surface area contributed by atoms with Crippen molar-refractivity contribution in [3.63, 3.8) is 0 Å². The van der Waals surface area contributed by atoms with Gasteiger partial charge in [0.05, 0.1) is 9.09 Å². The molecule has 0 N–H and O–H groups in total. The van der Waals surface area contributed by atoms with Crippen LogP contribution in [0.5, 0.6) is 0 Å². The maximum absolute atomic E-state index is 11.9. The molecule has 1 heterocycles. The van der Waals surface area contributed by atoms with E-state index in [-0.39, 0.29) is 4.06 Å². The fourth-order valence-corrected chi connectivity index (χ4v) is 5.73. The van der Waals surface area contributed by atoms with E-state index in [1.165, 1.54) is 39.4 Å². The van der Waals surface area contributed by atoms with Crippen molar-refractivity contribution in [3.05, 3.63) is 68.5 Å². The van der Waals surface area contributed by atoms with Crippen LogP contribution in [0.4, 0.5) is 0 Å². The van der Waals surface area contributed by atoms with Crippen molar-refractivity contribution in [1.29, 1.82) is 0 Å². The van der Waals surface area contributed by atoms with E-state index in [2.05, 4.69) is 44.2 Å². The molecule has 0 bridgehead atoms. The van der Waals surface area contributed by atoms with E-state index in [0.717, 1.165) is 14.0 Å². The summed E-state index contributed by atoms with van der Waals surface area (Å²) in [5, 5.41) is 0. The minimum atomic E-state index is 0.157. The highest BCUT2D eigenvalue weighted by Crippen LogP contribution is 2.41. The van der Waals surface area contributed by atoms with Gasteiger partial charge in [-0.15, -0.1) is 0 Å². The molecule has 21 heavy (non-hydrogen) atoms. The standard InChI is InChI=1S/C17H14OS3/c1-11-8-9-12(2)14(10-11)15-16(21-17(18)20-15)19-13-6-4-3-5-7-13/h3-10H,1-2H3. The largest absolute Gasteiger partial charge is 0.289 e. The molecule has 0 aliphatic carbocycles. The van der Waals surface area contributed by atoms with Gasteiger partial charge in [-0.2, -0.15) is 0 Å². The molecule has 1 nitrogen and oxygen atoms in total. The van der Waals surface area contributed by atoms with Gasteiger partial charge in [0.15, 0.2) is 0 Å². The van der Waals surface area contributed by atoms with Gasteiger partial charge in [-0.3, -0.25) is 4.79 Å². The molecule has 0 amide bonds. The van der Waals surface area contributed by atoms with Gasteiger partial charge in [-0.1, -0.05) is 76.4 Å². The minimum absolute atomic E-state index is 0.157. The SMILES string of the molecule is Cc1ccc(C)c(-c2sc(=O)sc2Sc2ccccc2)c1. The van der Waals surface area contributed by atoms with Gasteiger partial charge in [0.1, 0.15) is 0 Å². The molecule has 3 rings (SSSR count). The third-order valence-electron chi connectivity index (χ3n) is 3.14. The number of hydrogen-bond donors (Lipinski definition) is 0. The number of hydrogen-bond acceptors (Lipinski definition) is 4. The van der Waals surface area contributed by atoms with Gasteiger partial charge >= 0.3 is 0 Å². The van der Waals surface area contributed by atoms with E-state index in [1.807, 2.05) is 18.2 Å². The average molecular weight is 330 g/mol. The van der Waals surface area contributed by atoms with Gasteiger partial charge in [-0.25, -0.2) is 0 Å². The van der Waals surface area contributed by atoms with E-state index < -0.39 is 0 Å². The quantitative estimate of drug-likeness (QED) is 0.621. The highest BCUT2D eigenvalue weighted by atomic mass is 32.2. The fraction of sp³-hybridized carbons (Fsp3) is 0.118. The number of rotatable bonds is 3. The number of benzene rings is 2. The summed E-state index contributed by atoms with van der Waals surface area (Å²) in [5.74, 6) is 0. The van der Waals surface area contributed by atoms with Gasteiger partial charge in [0.2, 0.25) is 0 Å². The Labute approximate surface area is 136 Å². The molecule has 0 atom stereocenters. The normalized spacial score (nSPS) is 10.8. The van der Waals surface area contributed by atoms with Crippen LogP contribution in [-0.2, 0) is 0 Å². The molecule has 0 spiro atoms. The van der Waals surface area contributed by atoms with E-state index >= 15 is 0 Å². The summed E-state index contributed by atoms with van der Waals surface area (Å²) in [6, 6.07) is 16.6. The van der Waals surface area contributed by atoms with Gasteiger partial charge in [0.25, 0.3) is 4.06 Å². The molecule has 2 aromatic carbocycles. The van der Waals surface area contributed by atoms with Crippen molar-refractivity contribution >= 4 is 34.4 Å². The summed E-state index contributed by atoms with van der Waals surface area (Å²) < 4.78 is 1.24. The molecule has 0 radical (unpaired) electrons. The van der Waals surface area contributed by atoms with Crippen molar-refractivity contribution in [3.8, 4) is 10.4 Å². The van der Waals surface area contributed by atoms with E-state index in [4.69, 9.17) is 0 Å². The summed E-state index contributed by atoms with van der Waals surface area (Å²) >= 11 is 4.37. The van der Waals surface area contributed by atoms with Crippen molar-refractivity contribution < 1.29 is 0 Å². The molecule has 0 aliphatic heterocycles. The van der Waals surface area contributed by atoms with Crippen molar-refractivity contribution in [1.82, 2.24) is 0 Å². The monoisotopic (exact) mass is 330 g/mol. The second-order valence-corrected chi connectivity index (χ2v) is 8.37. The number of aryl methyl sites for hydroxylation is 2. The summed E-state index contributed by atoms with van der Waals surface area (Å²) in [7, 11) is 0. The third-order valence-corrected chi connectivity index (χ3v) is 6.65. The van der Waals surface area contributed by atoms with Crippen LogP contribution in [0.25, 0.3) is 10.4 Å². The Kier molecular flexibility index (Phi) is 4.29. The van der Waals surface area contributed by atoms with Crippen LogP contribution >= 0.6 is 34.4 Å². The van der Waals surface area contributed by atoms with Crippen molar-refractivity contribution in [2.75, 3.05) is 0 Å². The molecule has 0 aliphatic rings.